The van der Waals surface area contributed by atoms with Gasteiger partial charge in [0.2, 0.25) is 0 Å². The highest BCUT2D eigenvalue weighted by Gasteiger charge is 1.98. The molecule has 0 aliphatic rings. The van der Waals surface area contributed by atoms with Crippen molar-refractivity contribution in [2.75, 3.05) is 0 Å². The van der Waals surface area contributed by atoms with Gasteiger partial charge < -0.3 is 4.57 Å². The molecule has 4 heteroatoms. The van der Waals surface area contributed by atoms with Crippen LogP contribution in [0.1, 0.15) is 5.56 Å². The second-order valence-corrected chi connectivity index (χ2v) is 3.18. The Labute approximate surface area is 85.8 Å². The third-order valence-corrected chi connectivity index (χ3v) is 2.01. The standard InChI is InChI=1S/C11H9FN2O/c12-10-5-9(6-13-7-10)8-14-4-2-1-3-11(14)15/h1-7H,8H2. The van der Waals surface area contributed by atoms with E-state index in [0.29, 0.717) is 12.1 Å². The van der Waals surface area contributed by atoms with Crippen LogP contribution < -0.4 is 5.56 Å². The van der Waals surface area contributed by atoms with Crippen LogP contribution in [-0.4, -0.2) is 9.55 Å². The van der Waals surface area contributed by atoms with Gasteiger partial charge in [0.05, 0.1) is 12.7 Å². The lowest BCUT2D eigenvalue weighted by molar-refractivity contribution is 0.615. The Kier molecular flexibility index (Phi) is 2.58. The van der Waals surface area contributed by atoms with E-state index < -0.39 is 5.82 Å². The molecule has 0 spiro atoms. The fourth-order valence-corrected chi connectivity index (χ4v) is 1.33. The summed E-state index contributed by atoms with van der Waals surface area (Å²) in [4.78, 5) is 15.1. The Balaban J connectivity index is 2.30. The van der Waals surface area contributed by atoms with E-state index in [9.17, 15) is 9.18 Å². The highest BCUT2D eigenvalue weighted by Crippen LogP contribution is 2.01. The van der Waals surface area contributed by atoms with Crippen molar-refractivity contribution in [2.45, 2.75) is 6.54 Å². The summed E-state index contributed by atoms with van der Waals surface area (Å²) in [6.45, 7) is 0.338. The van der Waals surface area contributed by atoms with Crippen molar-refractivity contribution in [1.29, 1.82) is 0 Å². The minimum atomic E-state index is -0.392. The molecular weight excluding hydrogens is 195 g/mol. The van der Waals surface area contributed by atoms with Gasteiger partial charge in [-0.2, -0.15) is 0 Å². The molecule has 0 atom stereocenters. The SMILES string of the molecule is O=c1ccccn1Cc1cncc(F)c1. The zero-order valence-corrected chi connectivity index (χ0v) is 7.93. The first-order valence-electron chi connectivity index (χ1n) is 4.50. The van der Waals surface area contributed by atoms with Crippen molar-refractivity contribution in [3.63, 3.8) is 0 Å². The van der Waals surface area contributed by atoms with Gasteiger partial charge in [-0.3, -0.25) is 9.78 Å². The molecule has 0 amide bonds. The maximum Gasteiger partial charge on any atom is 0.250 e. The largest absolute Gasteiger partial charge is 0.311 e. The van der Waals surface area contributed by atoms with E-state index in [1.165, 1.54) is 16.7 Å². The number of pyridine rings is 2. The van der Waals surface area contributed by atoms with E-state index in [-0.39, 0.29) is 5.56 Å². The summed E-state index contributed by atoms with van der Waals surface area (Å²) in [7, 11) is 0. The normalized spacial score (nSPS) is 10.2. The average molecular weight is 204 g/mol. The molecule has 15 heavy (non-hydrogen) atoms. The van der Waals surface area contributed by atoms with Crippen molar-refractivity contribution in [3.05, 3.63) is 64.6 Å². The van der Waals surface area contributed by atoms with E-state index in [0.717, 1.165) is 6.20 Å². The van der Waals surface area contributed by atoms with Gasteiger partial charge in [0.15, 0.2) is 0 Å². The Hall–Kier alpha value is -1.97. The minimum Gasteiger partial charge on any atom is -0.311 e. The molecule has 0 N–H and O–H groups in total. The molecule has 76 valence electrons. The third-order valence-electron chi connectivity index (χ3n) is 2.01. The van der Waals surface area contributed by atoms with Gasteiger partial charge in [0, 0.05) is 18.5 Å². The van der Waals surface area contributed by atoms with Gasteiger partial charge in [-0.1, -0.05) is 6.07 Å². The summed E-state index contributed by atoms with van der Waals surface area (Å²) < 4.78 is 14.3. The van der Waals surface area contributed by atoms with Crippen molar-refractivity contribution in [1.82, 2.24) is 9.55 Å². The summed E-state index contributed by atoms with van der Waals surface area (Å²) >= 11 is 0. The average Bonchev–Trinajstić information content (AvgIpc) is 2.22. The van der Waals surface area contributed by atoms with Gasteiger partial charge in [-0.25, -0.2) is 4.39 Å². The maximum atomic E-state index is 12.8. The zero-order chi connectivity index (χ0) is 10.7. The van der Waals surface area contributed by atoms with Crippen molar-refractivity contribution in [2.24, 2.45) is 0 Å². The van der Waals surface area contributed by atoms with E-state index in [1.807, 2.05) is 0 Å². The van der Waals surface area contributed by atoms with Crippen LogP contribution in [0, 0.1) is 5.82 Å². The topological polar surface area (TPSA) is 34.9 Å². The predicted octanol–water partition coefficient (Wildman–Crippen LogP) is 1.43. The molecule has 2 rings (SSSR count). The molecule has 0 aliphatic carbocycles. The lowest BCUT2D eigenvalue weighted by atomic mass is 10.3. The fraction of sp³-hybridized carbons (Fsp3) is 0.0909. The van der Waals surface area contributed by atoms with Crippen molar-refractivity contribution < 1.29 is 4.39 Å². The monoisotopic (exact) mass is 204 g/mol. The minimum absolute atomic E-state index is 0.109. The van der Waals surface area contributed by atoms with E-state index in [1.54, 1.807) is 24.5 Å². The van der Waals surface area contributed by atoms with Crippen LogP contribution in [0.3, 0.4) is 0 Å². The molecule has 2 aromatic heterocycles. The summed E-state index contributed by atoms with van der Waals surface area (Å²) in [6, 6.07) is 6.26. The highest BCUT2D eigenvalue weighted by molar-refractivity contribution is 5.11. The Bertz CT molecular complexity index is 522. The zero-order valence-electron chi connectivity index (χ0n) is 7.93. The number of halogens is 1. The fourth-order valence-electron chi connectivity index (χ4n) is 1.33. The molecule has 0 bridgehead atoms. The van der Waals surface area contributed by atoms with Crippen LogP contribution in [0.5, 0.6) is 0 Å². The highest BCUT2D eigenvalue weighted by atomic mass is 19.1. The van der Waals surface area contributed by atoms with Crippen LogP contribution in [0.25, 0.3) is 0 Å². The van der Waals surface area contributed by atoms with Crippen molar-refractivity contribution in [3.8, 4) is 0 Å². The molecule has 0 radical (unpaired) electrons. The summed E-state index contributed by atoms with van der Waals surface area (Å²) in [6.07, 6.45) is 4.34. The molecule has 0 unspecified atom stereocenters. The lowest BCUT2D eigenvalue weighted by Crippen LogP contribution is -2.18. The van der Waals surface area contributed by atoms with E-state index in [4.69, 9.17) is 0 Å². The molecule has 0 saturated carbocycles. The lowest BCUT2D eigenvalue weighted by Gasteiger charge is -2.04. The van der Waals surface area contributed by atoms with Gasteiger partial charge >= 0.3 is 0 Å². The summed E-state index contributed by atoms with van der Waals surface area (Å²) in [5, 5.41) is 0. The third kappa shape index (κ3) is 2.28. The maximum absolute atomic E-state index is 12.8. The first-order valence-corrected chi connectivity index (χ1v) is 4.50. The predicted molar refractivity (Wildman–Crippen MR) is 54.0 cm³/mol. The van der Waals surface area contributed by atoms with Crippen LogP contribution >= 0.6 is 0 Å². The van der Waals surface area contributed by atoms with Gasteiger partial charge in [0.25, 0.3) is 5.56 Å². The van der Waals surface area contributed by atoms with Crippen LogP contribution in [-0.2, 0) is 6.54 Å². The Morgan fingerprint density at radius 2 is 2.20 bits per heavy atom. The second-order valence-electron chi connectivity index (χ2n) is 3.18. The number of hydrogen-bond acceptors (Lipinski definition) is 2. The summed E-state index contributed by atoms with van der Waals surface area (Å²) in [5.74, 6) is -0.392. The molecule has 2 aromatic rings. The number of hydrogen-bond donors (Lipinski definition) is 0. The molecule has 0 saturated heterocycles. The number of aromatic nitrogens is 2. The van der Waals surface area contributed by atoms with Crippen molar-refractivity contribution >= 4 is 0 Å². The molecule has 3 nitrogen and oxygen atoms in total. The van der Waals surface area contributed by atoms with E-state index >= 15 is 0 Å². The van der Waals surface area contributed by atoms with Crippen LogP contribution in [0.4, 0.5) is 4.39 Å². The Morgan fingerprint density at radius 1 is 1.33 bits per heavy atom. The molecule has 2 heterocycles. The first kappa shape index (κ1) is 9.58. The van der Waals surface area contributed by atoms with Gasteiger partial charge in [0.1, 0.15) is 5.82 Å². The number of nitrogens with zero attached hydrogens (tertiary/aromatic N) is 2. The second kappa shape index (κ2) is 4.04. The smallest absolute Gasteiger partial charge is 0.250 e. The molecule has 0 aliphatic heterocycles. The van der Waals surface area contributed by atoms with Crippen LogP contribution in [0.15, 0.2) is 47.7 Å². The van der Waals surface area contributed by atoms with Crippen LogP contribution in [0.2, 0.25) is 0 Å². The van der Waals surface area contributed by atoms with E-state index in [2.05, 4.69) is 4.98 Å². The quantitative estimate of drug-likeness (QED) is 0.741. The molecule has 0 fully saturated rings. The Morgan fingerprint density at radius 3 is 2.93 bits per heavy atom. The van der Waals surface area contributed by atoms with Gasteiger partial charge in [-0.15, -0.1) is 0 Å². The number of rotatable bonds is 2. The molecular formula is C11H9FN2O. The molecule has 0 aromatic carbocycles. The van der Waals surface area contributed by atoms with Gasteiger partial charge in [-0.05, 0) is 17.7 Å². The summed E-state index contributed by atoms with van der Waals surface area (Å²) in [5.41, 5.74) is 0.560. The first-order chi connectivity index (χ1) is 7.25.